The molecule has 1 radical (unpaired) electrons. The zero-order chi connectivity index (χ0) is 29.3. The molecule has 0 aromatic heterocycles. The number of likely N-dealkylation sites (tertiary alicyclic amines) is 1. The fraction of sp³-hybridized carbons (Fsp3) is 0.581. The van der Waals surface area contributed by atoms with E-state index < -0.39 is 40.8 Å². The van der Waals surface area contributed by atoms with Crippen molar-refractivity contribution in [1.82, 2.24) is 10.2 Å². The van der Waals surface area contributed by atoms with Crippen molar-refractivity contribution in [1.29, 1.82) is 0 Å². The SMILES string of the molecule is CCC1[B]C[C@]1(NC(=O)[C@@H]1C[C@@H](OCc2cccc3ccccc23)CN1C(=O)OC(C)(C)C)C(=O)OC(C)(C)C. The molecular formula is C31H42BN2O6. The van der Waals surface area contributed by atoms with Crippen LogP contribution in [0.5, 0.6) is 0 Å². The van der Waals surface area contributed by atoms with Crippen molar-refractivity contribution in [2.75, 3.05) is 6.54 Å². The number of carbonyl (C=O) groups is 3. The van der Waals surface area contributed by atoms with Crippen LogP contribution < -0.4 is 5.32 Å². The molecule has 2 fully saturated rings. The summed E-state index contributed by atoms with van der Waals surface area (Å²) >= 11 is 0. The van der Waals surface area contributed by atoms with E-state index in [9.17, 15) is 14.4 Å². The van der Waals surface area contributed by atoms with Crippen molar-refractivity contribution in [3.8, 4) is 0 Å². The van der Waals surface area contributed by atoms with Gasteiger partial charge in [-0.25, -0.2) is 9.59 Å². The Labute approximate surface area is 238 Å². The maximum Gasteiger partial charge on any atom is 0.411 e. The van der Waals surface area contributed by atoms with Gasteiger partial charge in [-0.1, -0.05) is 55.8 Å². The lowest BCUT2D eigenvalue weighted by Crippen LogP contribution is -2.68. The monoisotopic (exact) mass is 549 g/mol. The Balaban J connectivity index is 1.53. The first kappa shape index (κ1) is 29.9. The lowest BCUT2D eigenvalue weighted by atomic mass is 9.37. The quantitative estimate of drug-likeness (QED) is 0.374. The number of amides is 2. The van der Waals surface area contributed by atoms with E-state index in [-0.39, 0.29) is 18.5 Å². The van der Waals surface area contributed by atoms with Crippen LogP contribution in [-0.4, -0.2) is 65.6 Å². The molecule has 1 unspecified atom stereocenters. The Morgan fingerprint density at radius 1 is 1.00 bits per heavy atom. The molecule has 9 heteroatoms. The minimum absolute atomic E-state index is 0.152. The van der Waals surface area contributed by atoms with Crippen LogP contribution in [0.4, 0.5) is 4.79 Å². The van der Waals surface area contributed by atoms with Gasteiger partial charge in [0.1, 0.15) is 30.1 Å². The van der Waals surface area contributed by atoms with Crippen LogP contribution in [0.2, 0.25) is 12.1 Å². The molecule has 4 atom stereocenters. The molecule has 2 heterocycles. The summed E-state index contributed by atoms with van der Waals surface area (Å²) in [6, 6.07) is 13.3. The molecule has 2 aliphatic heterocycles. The summed E-state index contributed by atoms with van der Waals surface area (Å²) in [4.78, 5) is 41.8. The third-order valence-corrected chi connectivity index (χ3v) is 7.45. The lowest BCUT2D eigenvalue weighted by Gasteiger charge is -2.48. The Kier molecular flexibility index (Phi) is 8.55. The zero-order valence-corrected chi connectivity index (χ0v) is 24.8. The van der Waals surface area contributed by atoms with Crippen molar-refractivity contribution >= 4 is 36.0 Å². The molecule has 2 amide bonds. The van der Waals surface area contributed by atoms with E-state index in [0.29, 0.717) is 25.8 Å². The number of rotatable bonds is 7. The van der Waals surface area contributed by atoms with E-state index in [1.54, 1.807) is 20.8 Å². The number of hydrogen-bond acceptors (Lipinski definition) is 6. The summed E-state index contributed by atoms with van der Waals surface area (Å²) in [6.45, 7) is 13.3. The van der Waals surface area contributed by atoms with Gasteiger partial charge in [0.25, 0.3) is 0 Å². The van der Waals surface area contributed by atoms with Gasteiger partial charge in [-0.15, -0.1) is 0 Å². The first-order valence-electron chi connectivity index (χ1n) is 14.2. The summed E-state index contributed by atoms with van der Waals surface area (Å²) in [6.07, 6.45) is 0.390. The maximum atomic E-state index is 13.8. The molecule has 2 aromatic rings. The number of hydrogen-bond donors (Lipinski definition) is 1. The van der Waals surface area contributed by atoms with Gasteiger partial charge in [0.2, 0.25) is 5.91 Å². The van der Waals surface area contributed by atoms with Gasteiger partial charge >= 0.3 is 12.1 Å². The molecular weight excluding hydrogens is 507 g/mol. The van der Waals surface area contributed by atoms with Crippen molar-refractivity contribution in [2.45, 2.75) is 109 Å². The number of nitrogens with one attached hydrogen (secondary N) is 1. The van der Waals surface area contributed by atoms with Gasteiger partial charge in [0.05, 0.1) is 19.3 Å². The van der Waals surface area contributed by atoms with E-state index in [1.165, 1.54) is 4.90 Å². The van der Waals surface area contributed by atoms with Gasteiger partial charge in [0, 0.05) is 6.42 Å². The van der Waals surface area contributed by atoms with Gasteiger partial charge in [0.15, 0.2) is 0 Å². The second-order valence-corrected chi connectivity index (χ2v) is 12.9. The highest BCUT2D eigenvalue weighted by Gasteiger charge is 2.56. The highest BCUT2D eigenvalue weighted by atomic mass is 16.6. The average Bonchev–Trinajstić information content (AvgIpc) is 3.28. The van der Waals surface area contributed by atoms with Crippen LogP contribution in [0.1, 0.15) is 66.9 Å². The Bertz CT molecular complexity index is 1250. The van der Waals surface area contributed by atoms with Crippen LogP contribution in [0.3, 0.4) is 0 Å². The second-order valence-electron chi connectivity index (χ2n) is 12.9. The van der Waals surface area contributed by atoms with Gasteiger partial charge in [-0.05, 0) is 70.0 Å². The minimum atomic E-state index is -1.15. The number of nitrogens with zero attached hydrogens (tertiary/aromatic N) is 1. The molecule has 40 heavy (non-hydrogen) atoms. The summed E-state index contributed by atoms with van der Waals surface area (Å²) in [5.74, 6) is -1.01. The smallest absolute Gasteiger partial charge is 0.411 e. The number of ether oxygens (including phenoxy) is 3. The highest BCUT2D eigenvalue weighted by Crippen LogP contribution is 2.43. The van der Waals surface area contributed by atoms with Crippen LogP contribution in [0.25, 0.3) is 10.8 Å². The summed E-state index contributed by atoms with van der Waals surface area (Å²) < 4.78 is 17.7. The third-order valence-electron chi connectivity index (χ3n) is 7.45. The van der Waals surface area contributed by atoms with Crippen molar-refractivity contribution in [3.05, 3.63) is 48.0 Å². The second kappa shape index (κ2) is 11.4. The van der Waals surface area contributed by atoms with E-state index in [2.05, 4.69) is 23.5 Å². The topological polar surface area (TPSA) is 94.2 Å². The molecule has 0 bridgehead atoms. The average molecular weight is 549 g/mol. The number of fused-ring (bicyclic) bond motifs is 1. The molecule has 0 aliphatic carbocycles. The Morgan fingerprint density at radius 2 is 1.68 bits per heavy atom. The van der Waals surface area contributed by atoms with Crippen molar-refractivity contribution in [3.63, 3.8) is 0 Å². The van der Waals surface area contributed by atoms with Crippen LogP contribution in [-0.2, 0) is 30.4 Å². The summed E-state index contributed by atoms with van der Waals surface area (Å²) in [7, 11) is 2.03. The zero-order valence-electron chi connectivity index (χ0n) is 24.8. The largest absolute Gasteiger partial charge is 0.458 e. The maximum absolute atomic E-state index is 13.8. The predicted molar refractivity (Wildman–Crippen MR) is 155 cm³/mol. The van der Waals surface area contributed by atoms with Crippen molar-refractivity contribution in [2.24, 2.45) is 0 Å². The van der Waals surface area contributed by atoms with E-state index in [4.69, 9.17) is 14.2 Å². The molecule has 2 aliphatic rings. The normalized spacial score (nSPS) is 24.7. The molecule has 4 rings (SSSR count). The summed E-state index contributed by atoms with van der Waals surface area (Å²) in [5.41, 5.74) is -1.54. The van der Waals surface area contributed by atoms with Crippen LogP contribution in [0.15, 0.2) is 42.5 Å². The number of carbonyl (C=O) groups excluding carboxylic acids is 3. The first-order valence-corrected chi connectivity index (χ1v) is 14.2. The molecule has 1 N–H and O–H groups in total. The standard InChI is InChI=1S/C31H42BN2O6/c1-8-25-31(19-32-25,27(36)39-29(2,3)4)33-26(35)24-16-22(17-34(24)28(37)40-30(5,6)7)38-18-21-14-11-13-20-12-9-10-15-23(20)21/h9-15,22,24-25H,8,16-19H2,1-7H3,(H,33,35)/t22-,24+,25?,31-/m1/s1. The van der Waals surface area contributed by atoms with Gasteiger partial charge < -0.3 is 19.5 Å². The highest BCUT2D eigenvalue weighted by molar-refractivity contribution is 6.46. The molecule has 2 aromatic carbocycles. The molecule has 2 saturated heterocycles. The molecule has 8 nitrogen and oxygen atoms in total. The van der Waals surface area contributed by atoms with E-state index in [1.807, 2.05) is 59.2 Å². The summed E-state index contributed by atoms with van der Waals surface area (Å²) in [5, 5.41) is 5.24. The predicted octanol–water partition coefficient (Wildman–Crippen LogP) is 5.27. The third kappa shape index (κ3) is 6.62. The minimum Gasteiger partial charge on any atom is -0.458 e. The van der Waals surface area contributed by atoms with E-state index >= 15 is 0 Å². The number of benzene rings is 2. The Hall–Kier alpha value is -3.07. The van der Waals surface area contributed by atoms with Crippen molar-refractivity contribution < 1.29 is 28.6 Å². The number of esters is 1. The van der Waals surface area contributed by atoms with Gasteiger partial charge in [-0.2, -0.15) is 0 Å². The van der Waals surface area contributed by atoms with Crippen LogP contribution >= 0.6 is 0 Å². The first-order chi connectivity index (χ1) is 18.7. The fourth-order valence-electron chi connectivity index (χ4n) is 5.45. The van der Waals surface area contributed by atoms with Gasteiger partial charge in [-0.3, -0.25) is 9.69 Å². The lowest BCUT2D eigenvalue weighted by molar-refractivity contribution is -0.165. The molecule has 0 saturated carbocycles. The van der Waals surface area contributed by atoms with E-state index in [0.717, 1.165) is 16.3 Å². The van der Waals surface area contributed by atoms with Crippen LogP contribution in [0, 0.1) is 0 Å². The molecule has 0 spiro atoms. The Morgan fingerprint density at radius 3 is 2.30 bits per heavy atom. The molecule has 215 valence electrons. The fourth-order valence-corrected chi connectivity index (χ4v) is 5.45.